The van der Waals surface area contributed by atoms with E-state index in [9.17, 15) is 4.79 Å². The Balaban J connectivity index is 1.01. The number of nitrogens with zero attached hydrogens (tertiary/aromatic N) is 5. The zero-order valence-electron chi connectivity index (χ0n) is 23.9. The molecule has 1 unspecified atom stereocenters. The molecule has 2 aliphatic heterocycles. The van der Waals surface area contributed by atoms with Gasteiger partial charge in [0.2, 0.25) is 5.88 Å². The predicted molar refractivity (Wildman–Crippen MR) is 165 cm³/mol. The van der Waals surface area contributed by atoms with Crippen molar-refractivity contribution in [2.24, 2.45) is 10.9 Å². The maximum absolute atomic E-state index is 11.4. The molecular weight excluding hydrogens is 526 g/mol. The lowest BCUT2D eigenvalue weighted by molar-refractivity contribution is -0.0592. The fourth-order valence-corrected chi connectivity index (χ4v) is 5.80. The molecule has 0 aliphatic carbocycles. The summed E-state index contributed by atoms with van der Waals surface area (Å²) in [6.07, 6.45) is 13.4. The van der Waals surface area contributed by atoms with Crippen LogP contribution < -0.4 is 0 Å². The molecule has 0 N–H and O–H groups in total. The molecule has 0 bridgehead atoms. The van der Waals surface area contributed by atoms with Gasteiger partial charge < -0.3 is 14.0 Å². The Morgan fingerprint density at radius 2 is 1.98 bits per heavy atom. The normalized spacial score (nSPS) is 18.5. The maximum Gasteiger partial charge on any atom is 0.212 e. The predicted octanol–water partition coefficient (Wildman–Crippen LogP) is 6.10. The quantitative estimate of drug-likeness (QED) is 0.0896. The first kappa shape index (κ1) is 28.0. The van der Waals surface area contributed by atoms with E-state index >= 15 is 0 Å². The van der Waals surface area contributed by atoms with Crippen LogP contribution in [0, 0.1) is 5.92 Å². The Kier molecular flexibility index (Phi) is 8.82. The van der Waals surface area contributed by atoms with Crippen LogP contribution in [-0.4, -0.2) is 58.2 Å². The standard InChI is InChI=1S/C34H37N5O3/c1-35-34(42-24-27-12-16-36-30-8-4-3-7-29(27)30)9-5-2-6-25-13-17-38(18-14-25)22-33-37-31-11-10-26(23-40)20-32(31)39(33)21-28-15-19-41-28/h2-5,7-12,16,20,23,25,28H,1,6,13-15,17-19,21-22,24H2/b5-2-,34-9+. The molecule has 2 aliphatic rings. The molecule has 0 radical (unpaired) electrons. The molecule has 8 nitrogen and oxygen atoms in total. The van der Waals surface area contributed by atoms with Crippen molar-refractivity contribution in [1.29, 1.82) is 0 Å². The average Bonchev–Trinajstić information content (AvgIpc) is 3.34. The number of aldehydes is 1. The van der Waals surface area contributed by atoms with Crippen LogP contribution in [0.5, 0.6) is 0 Å². The number of rotatable bonds is 12. The third-order valence-electron chi connectivity index (χ3n) is 8.35. The topological polar surface area (TPSA) is 81.8 Å². The molecule has 42 heavy (non-hydrogen) atoms. The summed E-state index contributed by atoms with van der Waals surface area (Å²) in [4.78, 5) is 27.3. The van der Waals surface area contributed by atoms with Crippen LogP contribution >= 0.6 is 0 Å². The molecule has 0 saturated carbocycles. The zero-order valence-corrected chi connectivity index (χ0v) is 23.9. The highest BCUT2D eigenvalue weighted by Crippen LogP contribution is 2.26. The van der Waals surface area contributed by atoms with Crippen LogP contribution in [0.2, 0.25) is 0 Å². The van der Waals surface area contributed by atoms with Gasteiger partial charge in [0.05, 0.1) is 35.7 Å². The Bertz CT molecular complexity index is 1610. The molecule has 2 aromatic heterocycles. The lowest BCUT2D eigenvalue weighted by Crippen LogP contribution is -2.35. The number of aliphatic imine (C=N–C) groups is 1. The van der Waals surface area contributed by atoms with Crippen molar-refractivity contribution in [3.8, 4) is 0 Å². The number of fused-ring (bicyclic) bond motifs is 2. The lowest BCUT2D eigenvalue weighted by atomic mass is 9.93. The SMILES string of the molecule is C=N/C(=C\C=C/CC1CCN(Cc2nc3ccc(C=O)cc3n2CC2CCO2)CC1)OCc1ccnc2ccccc12. The van der Waals surface area contributed by atoms with Gasteiger partial charge in [-0.1, -0.05) is 30.4 Å². The van der Waals surface area contributed by atoms with E-state index in [1.807, 2.05) is 60.8 Å². The van der Waals surface area contributed by atoms with Gasteiger partial charge in [-0.3, -0.25) is 14.7 Å². The van der Waals surface area contributed by atoms with Gasteiger partial charge >= 0.3 is 0 Å². The highest BCUT2D eigenvalue weighted by Gasteiger charge is 2.24. The molecule has 216 valence electrons. The first-order valence-electron chi connectivity index (χ1n) is 14.8. The van der Waals surface area contributed by atoms with Crippen LogP contribution in [0.4, 0.5) is 0 Å². The van der Waals surface area contributed by atoms with Crippen molar-refractivity contribution in [2.45, 2.75) is 51.5 Å². The Morgan fingerprint density at radius 1 is 1.12 bits per heavy atom. The summed E-state index contributed by atoms with van der Waals surface area (Å²) in [7, 11) is 0. The highest BCUT2D eigenvalue weighted by molar-refractivity contribution is 5.85. The summed E-state index contributed by atoms with van der Waals surface area (Å²) >= 11 is 0. The maximum atomic E-state index is 11.4. The number of benzene rings is 2. The molecule has 6 rings (SSSR count). The Labute approximate surface area is 246 Å². The number of imidazole rings is 1. The molecule has 8 heteroatoms. The van der Waals surface area contributed by atoms with Gasteiger partial charge in [-0.2, -0.15) is 0 Å². The van der Waals surface area contributed by atoms with Crippen molar-refractivity contribution in [1.82, 2.24) is 19.4 Å². The second kappa shape index (κ2) is 13.2. The number of ether oxygens (including phenoxy) is 2. The van der Waals surface area contributed by atoms with Crippen LogP contribution in [0.1, 0.15) is 47.4 Å². The molecule has 0 spiro atoms. The second-order valence-corrected chi connectivity index (χ2v) is 11.1. The second-order valence-electron chi connectivity index (χ2n) is 11.1. The van der Waals surface area contributed by atoms with Crippen molar-refractivity contribution in [3.63, 3.8) is 0 Å². The van der Waals surface area contributed by atoms with Crippen LogP contribution in [-0.2, 0) is 29.2 Å². The van der Waals surface area contributed by atoms with Gasteiger partial charge in [0.15, 0.2) is 0 Å². The number of aromatic nitrogens is 3. The molecule has 2 saturated heterocycles. The van der Waals surface area contributed by atoms with Crippen molar-refractivity contribution in [3.05, 3.63) is 95.8 Å². The van der Waals surface area contributed by atoms with Crippen LogP contribution in [0.3, 0.4) is 0 Å². The fourth-order valence-electron chi connectivity index (χ4n) is 5.80. The molecular formula is C34H37N5O3. The van der Waals surface area contributed by atoms with Gasteiger partial charge in [-0.05, 0) is 87.8 Å². The zero-order chi connectivity index (χ0) is 28.7. The number of pyridine rings is 1. The van der Waals surface area contributed by atoms with Crippen LogP contribution in [0.25, 0.3) is 21.9 Å². The van der Waals surface area contributed by atoms with E-state index in [0.29, 0.717) is 24.0 Å². The van der Waals surface area contributed by atoms with Crippen molar-refractivity contribution in [2.75, 3.05) is 19.7 Å². The third-order valence-corrected chi connectivity index (χ3v) is 8.35. The molecule has 4 heterocycles. The number of hydrogen-bond acceptors (Lipinski definition) is 7. The molecule has 2 aromatic carbocycles. The number of piperidine rings is 1. The molecule has 2 fully saturated rings. The number of carbonyl (C=O) groups excluding carboxylic acids is 1. The summed E-state index contributed by atoms with van der Waals surface area (Å²) in [5.41, 5.74) is 4.66. The highest BCUT2D eigenvalue weighted by atomic mass is 16.5. The molecule has 1 atom stereocenters. The summed E-state index contributed by atoms with van der Waals surface area (Å²) in [5.74, 6) is 2.21. The van der Waals surface area contributed by atoms with E-state index in [1.54, 1.807) is 0 Å². The van der Waals surface area contributed by atoms with Crippen LogP contribution in [0.15, 0.2) is 83.8 Å². The lowest BCUT2D eigenvalue weighted by Gasteiger charge is -2.32. The fraction of sp³-hybridized carbons (Fsp3) is 0.353. The van der Waals surface area contributed by atoms with E-state index in [-0.39, 0.29) is 6.10 Å². The number of para-hydroxylation sites is 1. The summed E-state index contributed by atoms with van der Waals surface area (Å²) in [6, 6.07) is 15.8. The van der Waals surface area contributed by atoms with E-state index < -0.39 is 0 Å². The Hall–Kier alpha value is -4.14. The number of likely N-dealkylation sites (tertiary alicyclic amines) is 1. The Morgan fingerprint density at radius 3 is 2.76 bits per heavy atom. The van der Waals surface area contributed by atoms with E-state index in [2.05, 4.69) is 38.3 Å². The number of hydrogen-bond donors (Lipinski definition) is 0. The van der Waals surface area contributed by atoms with Gasteiger partial charge in [0, 0.05) is 29.3 Å². The van der Waals surface area contributed by atoms with E-state index in [0.717, 1.165) is 98.1 Å². The summed E-state index contributed by atoms with van der Waals surface area (Å²) in [5, 5.41) is 1.09. The minimum Gasteiger partial charge on any atom is -0.473 e. The van der Waals surface area contributed by atoms with Gasteiger partial charge in [0.1, 0.15) is 18.7 Å². The smallest absolute Gasteiger partial charge is 0.212 e. The van der Waals surface area contributed by atoms with Crippen molar-refractivity contribution >= 4 is 34.9 Å². The van der Waals surface area contributed by atoms with Gasteiger partial charge in [-0.25, -0.2) is 9.98 Å². The minimum absolute atomic E-state index is 0.227. The van der Waals surface area contributed by atoms with Crippen molar-refractivity contribution < 1.29 is 14.3 Å². The van der Waals surface area contributed by atoms with Gasteiger partial charge in [0.25, 0.3) is 0 Å². The van der Waals surface area contributed by atoms with E-state index in [1.165, 1.54) is 0 Å². The number of carbonyl (C=O) groups is 1. The molecule has 0 amide bonds. The monoisotopic (exact) mass is 563 g/mol. The largest absolute Gasteiger partial charge is 0.473 e. The minimum atomic E-state index is 0.227. The van der Waals surface area contributed by atoms with E-state index in [4.69, 9.17) is 14.5 Å². The summed E-state index contributed by atoms with van der Waals surface area (Å²) < 4.78 is 13.9. The third kappa shape index (κ3) is 6.50. The van der Waals surface area contributed by atoms with Gasteiger partial charge in [-0.15, -0.1) is 0 Å². The number of allylic oxidation sites excluding steroid dienone is 3. The first-order valence-corrected chi connectivity index (χ1v) is 14.8. The first-order chi connectivity index (χ1) is 20.7. The summed E-state index contributed by atoms with van der Waals surface area (Å²) in [6.45, 7) is 8.59. The molecule has 4 aromatic rings. The average molecular weight is 564 g/mol.